The third-order valence-electron chi connectivity index (χ3n) is 2.60. The van der Waals surface area contributed by atoms with Gasteiger partial charge < -0.3 is 4.74 Å². The van der Waals surface area contributed by atoms with Gasteiger partial charge in [0.2, 0.25) is 0 Å². The van der Waals surface area contributed by atoms with Crippen LogP contribution >= 0.6 is 0 Å². The van der Waals surface area contributed by atoms with Crippen LogP contribution in [0.5, 0.6) is 0 Å². The van der Waals surface area contributed by atoms with Crippen LogP contribution in [0.4, 0.5) is 13.2 Å². The van der Waals surface area contributed by atoms with Crippen molar-refractivity contribution in [1.82, 2.24) is 0 Å². The Bertz CT molecular complexity index is 503. The first kappa shape index (κ1) is 13.6. The Kier molecular flexibility index (Phi) is 4.22. The predicted octanol–water partition coefficient (Wildman–Crippen LogP) is 4.43. The van der Waals surface area contributed by atoms with Crippen molar-refractivity contribution >= 4 is 0 Å². The summed E-state index contributed by atoms with van der Waals surface area (Å²) in [7, 11) is 0. The summed E-state index contributed by atoms with van der Waals surface area (Å²) in [6, 6.07) is 17.1. The van der Waals surface area contributed by atoms with Crippen LogP contribution in [0.2, 0.25) is 0 Å². The lowest BCUT2D eigenvalue weighted by Crippen LogP contribution is -2.16. The second-order valence-corrected chi connectivity index (χ2v) is 4.17. The van der Waals surface area contributed by atoms with Crippen LogP contribution in [0.15, 0.2) is 54.6 Å². The average molecular weight is 266 g/mol. The minimum absolute atomic E-state index is 0.0332. The van der Waals surface area contributed by atoms with Crippen molar-refractivity contribution in [3.05, 3.63) is 60.2 Å². The van der Waals surface area contributed by atoms with E-state index in [1.807, 2.05) is 42.5 Å². The molecule has 0 spiro atoms. The maximum absolute atomic E-state index is 11.9. The van der Waals surface area contributed by atoms with Gasteiger partial charge in [-0.15, -0.1) is 0 Å². The van der Waals surface area contributed by atoms with Gasteiger partial charge in [-0.25, -0.2) is 0 Å². The molecule has 1 nitrogen and oxygen atoms in total. The topological polar surface area (TPSA) is 9.23 Å². The lowest BCUT2D eigenvalue weighted by Gasteiger charge is -2.08. The summed E-state index contributed by atoms with van der Waals surface area (Å²) in [6.07, 6.45) is -4.27. The fourth-order valence-electron chi connectivity index (χ4n) is 1.71. The van der Waals surface area contributed by atoms with Crippen molar-refractivity contribution in [1.29, 1.82) is 0 Å². The molecule has 0 aliphatic heterocycles. The van der Waals surface area contributed by atoms with E-state index < -0.39 is 12.8 Å². The summed E-state index contributed by atoms with van der Waals surface area (Å²) in [5.41, 5.74) is 2.83. The first-order chi connectivity index (χ1) is 9.04. The van der Waals surface area contributed by atoms with Gasteiger partial charge in [-0.2, -0.15) is 13.2 Å². The highest BCUT2D eigenvalue weighted by Gasteiger charge is 2.27. The maximum Gasteiger partial charge on any atom is 0.411 e. The number of hydrogen-bond donors (Lipinski definition) is 0. The molecule has 0 aliphatic carbocycles. The van der Waals surface area contributed by atoms with E-state index in [9.17, 15) is 13.2 Å². The summed E-state index contributed by atoms with van der Waals surface area (Å²) < 4.78 is 40.4. The summed E-state index contributed by atoms with van der Waals surface area (Å²) in [5.74, 6) is 0. The minimum Gasteiger partial charge on any atom is -0.367 e. The molecule has 0 amide bonds. The van der Waals surface area contributed by atoms with Gasteiger partial charge in [0.15, 0.2) is 0 Å². The highest BCUT2D eigenvalue weighted by Crippen LogP contribution is 2.20. The van der Waals surface area contributed by atoms with Crippen LogP contribution < -0.4 is 0 Å². The molecule has 0 saturated heterocycles. The summed E-state index contributed by atoms with van der Waals surface area (Å²) in [4.78, 5) is 0. The van der Waals surface area contributed by atoms with Crippen molar-refractivity contribution in [2.45, 2.75) is 12.8 Å². The van der Waals surface area contributed by atoms with Crippen molar-refractivity contribution < 1.29 is 17.9 Å². The molecule has 0 atom stereocenters. The molecular formula is C15H13F3O. The number of rotatable bonds is 4. The largest absolute Gasteiger partial charge is 0.411 e. The number of hydrogen-bond acceptors (Lipinski definition) is 1. The molecule has 0 aromatic heterocycles. The standard InChI is InChI=1S/C15H13F3O/c16-15(17,18)11-19-10-12-6-8-14(9-7-12)13-4-2-1-3-5-13/h1-9H,10-11H2. The minimum atomic E-state index is -4.27. The molecule has 100 valence electrons. The number of ether oxygens (including phenoxy) is 1. The van der Waals surface area contributed by atoms with E-state index in [1.165, 1.54) is 0 Å². The Morgan fingerprint density at radius 3 is 1.95 bits per heavy atom. The van der Waals surface area contributed by atoms with E-state index in [0.29, 0.717) is 0 Å². The van der Waals surface area contributed by atoms with E-state index in [2.05, 4.69) is 4.74 Å². The van der Waals surface area contributed by atoms with E-state index in [1.54, 1.807) is 12.1 Å². The summed E-state index contributed by atoms with van der Waals surface area (Å²) >= 11 is 0. The van der Waals surface area contributed by atoms with E-state index in [-0.39, 0.29) is 6.61 Å². The maximum atomic E-state index is 11.9. The highest BCUT2D eigenvalue weighted by atomic mass is 19.4. The molecule has 19 heavy (non-hydrogen) atoms. The molecule has 0 bridgehead atoms. The molecule has 0 unspecified atom stereocenters. The monoisotopic (exact) mass is 266 g/mol. The van der Waals surface area contributed by atoms with E-state index in [4.69, 9.17) is 0 Å². The fraction of sp³-hybridized carbons (Fsp3) is 0.200. The van der Waals surface area contributed by atoms with Crippen LogP contribution in [-0.2, 0) is 11.3 Å². The zero-order valence-corrected chi connectivity index (χ0v) is 10.2. The van der Waals surface area contributed by atoms with E-state index >= 15 is 0 Å². The second kappa shape index (κ2) is 5.89. The van der Waals surface area contributed by atoms with Gasteiger partial charge in [-0.3, -0.25) is 0 Å². The zero-order valence-electron chi connectivity index (χ0n) is 10.2. The number of alkyl halides is 3. The molecule has 0 radical (unpaired) electrons. The Morgan fingerprint density at radius 1 is 0.789 bits per heavy atom. The van der Waals surface area contributed by atoms with Gasteiger partial charge in [0, 0.05) is 0 Å². The molecule has 2 rings (SSSR count). The van der Waals surface area contributed by atoms with Gasteiger partial charge in [0.05, 0.1) is 6.61 Å². The zero-order chi connectivity index (χ0) is 13.7. The predicted molar refractivity (Wildman–Crippen MR) is 67.6 cm³/mol. The third-order valence-corrected chi connectivity index (χ3v) is 2.60. The molecule has 0 heterocycles. The fourth-order valence-corrected chi connectivity index (χ4v) is 1.71. The first-order valence-corrected chi connectivity index (χ1v) is 5.83. The van der Waals surface area contributed by atoms with E-state index in [0.717, 1.165) is 16.7 Å². The number of halogens is 3. The Labute approximate surface area is 109 Å². The lowest BCUT2D eigenvalue weighted by atomic mass is 10.0. The van der Waals surface area contributed by atoms with Crippen molar-refractivity contribution in [3.8, 4) is 11.1 Å². The normalized spacial score (nSPS) is 11.5. The molecule has 0 fully saturated rings. The summed E-state index contributed by atoms with van der Waals surface area (Å²) in [6.45, 7) is -1.25. The van der Waals surface area contributed by atoms with Gasteiger partial charge in [0.25, 0.3) is 0 Å². The molecule has 2 aromatic carbocycles. The van der Waals surface area contributed by atoms with Crippen LogP contribution in [0.1, 0.15) is 5.56 Å². The summed E-state index contributed by atoms with van der Waals surface area (Å²) in [5, 5.41) is 0. The number of benzene rings is 2. The Morgan fingerprint density at radius 2 is 1.37 bits per heavy atom. The van der Waals surface area contributed by atoms with Crippen LogP contribution in [-0.4, -0.2) is 12.8 Å². The van der Waals surface area contributed by atoms with Crippen molar-refractivity contribution in [3.63, 3.8) is 0 Å². The van der Waals surface area contributed by atoms with Gasteiger partial charge >= 0.3 is 6.18 Å². The SMILES string of the molecule is FC(F)(F)COCc1ccc(-c2ccccc2)cc1. The molecule has 4 heteroatoms. The molecular weight excluding hydrogens is 253 g/mol. The lowest BCUT2D eigenvalue weighted by molar-refractivity contribution is -0.176. The first-order valence-electron chi connectivity index (χ1n) is 5.83. The smallest absolute Gasteiger partial charge is 0.367 e. The van der Waals surface area contributed by atoms with Gasteiger partial charge in [0.1, 0.15) is 6.61 Å². The van der Waals surface area contributed by atoms with Crippen molar-refractivity contribution in [2.24, 2.45) is 0 Å². The van der Waals surface area contributed by atoms with Crippen molar-refractivity contribution in [2.75, 3.05) is 6.61 Å². The molecule has 0 aliphatic rings. The Hall–Kier alpha value is -1.81. The third kappa shape index (κ3) is 4.41. The van der Waals surface area contributed by atoms with Crippen LogP contribution in [0.25, 0.3) is 11.1 Å². The average Bonchev–Trinajstić information content (AvgIpc) is 2.39. The van der Waals surface area contributed by atoms with Gasteiger partial charge in [-0.1, -0.05) is 54.6 Å². The molecule has 2 aromatic rings. The van der Waals surface area contributed by atoms with Crippen LogP contribution in [0, 0.1) is 0 Å². The Balaban J connectivity index is 1.96. The second-order valence-electron chi connectivity index (χ2n) is 4.17. The highest BCUT2D eigenvalue weighted by molar-refractivity contribution is 5.63. The van der Waals surface area contributed by atoms with Crippen LogP contribution in [0.3, 0.4) is 0 Å². The molecule has 0 saturated carbocycles. The molecule has 0 N–H and O–H groups in total. The quantitative estimate of drug-likeness (QED) is 0.795. The van der Waals surface area contributed by atoms with Gasteiger partial charge in [-0.05, 0) is 16.7 Å².